The van der Waals surface area contributed by atoms with Gasteiger partial charge in [-0.25, -0.2) is 0 Å². The molecule has 2 aromatic heterocycles. The Morgan fingerprint density at radius 1 is 1.25 bits per heavy atom. The Balaban J connectivity index is 2.55. The van der Waals surface area contributed by atoms with Gasteiger partial charge >= 0.3 is 0 Å². The molecule has 0 radical (unpaired) electrons. The van der Waals surface area contributed by atoms with Gasteiger partial charge in [-0.15, -0.1) is 0 Å². The van der Waals surface area contributed by atoms with E-state index in [1.165, 1.54) is 0 Å². The van der Waals surface area contributed by atoms with E-state index < -0.39 is 0 Å². The Bertz CT molecular complexity index is 368. The second-order valence-corrected chi connectivity index (χ2v) is 2.82. The first-order valence-corrected chi connectivity index (χ1v) is 3.98. The van der Waals surface area contributed by atoms with E-state index >= 15 is 0 Å². The van der Waals surface area contributed by atoms with Crippen LogP contribution in [-0.4, -0.2) is 9.55 Å². The Kier molecular flexibility index (Phi) is 1.84. The number of hydrogen-bond donors (Lipinski definition) is 0. The van der Waals surface area contributed by atoms with Crippen molar-refractivity contribution < 1.29 is 0 Å². The molecular weight excluding hydrogens is 172 g/mol. The molecule has 0 aliphatic carbocycles. The van der Waals surface area contributed by atoms with Crippen LogP contribution in [0.5, 0.6) is 0 Å². The highest BCUT2D eigenvalue weighted by atomic mass is 35.5. The van der Waals surface area contributed by atoms with Gasteiger partial charge in [0.05, 0.1) is 16.9 Å². The van der Waals surface area contributed by atoms with Crippen molar-refractivity contribution in [2.45, 2.75) is 0 Å². The number of pyridine rings is 1. The predicted molar refractivity (Wildman–Crippen MR) is 48.6 cm³/mol. The molecule has 0 spiro atoms. The average Bonchev–Trinajstić information content (AvgIpc) is 2.57. The van der Waals surface area contributed by atoms with Gasteiger partial charge < -0.3 is 4.57 Å². The van der Waals surface area contributed by atoms with Crippen molar-refractivity contribution in [1.29, 1.82) is 0 Å². The summed E-state index contributed by atoms with van der Waals surface area (Å²) in [6.07, 6.45) is 7.28. The van der Waals surface area contributed by atoms with Gasteiger partial charge in [0.2, 0.25) is 0 Å². The van der Waals surface area contributed by atoms with Crippen LogP contribution in [0.1, 0.15) is 0 Å². The van der Waals surface area contributed by atoms with Crippen LogP contribution in [0.15, 0.2) is 43.0 Å². The maximum atomic E-state index is 5.95. The van der Waals surface area contributed by atoms with Gasteiger partial charge in [0.15, 0.2) is 0 Å². The molecule has 0 fully saturated rings. The molecule has 2 aromatic rings. The molecule has 2 rings (SSSR count). The number of rotatable bonds is 1. The van der Waals surface area contributed by atoms with E-state index in [0.717, 1.165) is 5.69 Å². The third-order valence-electron chi connectivity index (χ3n) is 1.63. The molecule has 0 aliphatic rings. The monoisotopic (exact) mass is 178 g/mol. The zero-order valence-electron chi connectivity index (χ0n) is 6.31. The smallest absolute Gasteiger partial charge is 0.0822 e. The van der Waals surface area contributed by atoms with Gasteiger partial charge in [-0.05, 0) is 18.2 Å². The summed E-state index contributed by atoms with van der Waals surface area (Å²) in [5.74, 6) is 0. The number of hydrogen-bond acceptors (Lipinski definition) is 1. The first-order valence-electron chi connectivity index (χ1n) is 3.61. The Labute approximate surface area is 75.4 Å². The zero-order valence-corrected chi connectivity index (χ0v) is 7.07. The van der Waals surface area contributed by atoms with Crippen molar-refractivity contribution >= 4 is 11.6 Å². The largest absolute Gasteiger partial charge is 0.321 e. The molecule has 0 saturated heterocycles. The SMILES string of the molecule is Clc1ccncc1-n1cccc1. The van der Waals surface area contributed by atoms with Crippen molar-refractivity contribution in [3.05, 3.63) is 48.0 Å². The Hall–Kier alpha value is -1.28. The summed E-state index contributed by atoms with van der Waals surface area (Å²) in [7, 11) is 0. The third kappa shape index (κ3) is 1.21. The molecule has 0 aromatic carbocycles. The number of halogens is 1. The lowest BCUT2D eigenvalue weighted by atomic mass is 10.4. The standard InChI is InChI=1S/C9H7ClN2/c10-8-3-4-11-7-9(8)12-5-1-2-6-12/h1-7H. The topological polar surface area (TPSA) is 17.8 Å². The number of aromatic nitrogens is 2. The fraction of sp³-hybridized carbons (Fsp3) is 0. The van der Waals surface area contributed by atoms with Crippen LogP contribution in [0, 0.1) is 0 Å². The first-order chi connectivity index (χ1) is 5.88. The fourth-order valence-electron chi connectivity index (χ4n) is 1.05. The summed E-state index contributed by atoms with van der Waals surface area (Å²) in [5, 5.41) is 0.709. The minimum atomic E-state index is 0.709. The van der Waals surface area contributed by atoms with Gasteiger partial charge in [0.1, 0.15) is 0 Å². The molecule has 0 saturated carbocycles. The molecule has 0 unspecified atom stereocenters. The average molecular weight is 179 g/mol. The highest BCUT2D eigenvalue weighted by Crippen LogP contribution is 2.17. The van der Waals surface area contributed by atoms with Gasteiger partial charge in [0.25, 0.3) is 0 Å². The first kappa shape index (κ1) is 7.37. The van der Waals surface area contributed by atoms with Crippen molar-refractivity contribution in [3.63, 3.8) is 0 Å². The second kappa shape index (κ2) is 2.99. The predicted octanol–water partition coefficient (Wildman–Crippen LogP) is 2.53. The van der Waals surface area contributed by atoms with Crippen LogP contribution in [0.2, 0.25) is 5.02 Å². The lowest BCUT2D eigenvalue weighted by Gasteiger charge is -2.02. The highest BCUT2D eigenvalue weighted by Gasteiger charge is 1.98. The van der Waals surface area contributed by atoms with Crippen LogP contribution in [0.4, 0.5) is 0 Å². The van der Waals surface area contributed by atoms with Crippen LogP contribution in [0.25, 0.3) is 5.69 Å². The number of nitrogens with zero attached hydrogens (tertiary/aromatic N) is 2. The maximum absolute atomic E-state index is 5.95. The third-order valence-corrected chi connectivity index (χ3v) is 1.95. The molecule has 0 bridgehead atoms. The maximum Gasteiger partial charge on any atom is 0.0822 e. The van der Waals surface area contributed by atoms with Crippen LogP contribution < -0.4 is 0 Å². The van der Waals surface area contributed by atoms with Gasteiger partial charge in [-0.2, -0.15) is 0 Å². The van der Waals surface area contributed by atoms with E-state index in [0.29, 0.717) is 5.02 Å². The van der Waals surface area contributed by atoms with Gasteiger partial charge in [0, 0.05) is 18.6 Å². The summed E-state index contributed by atoms with van der Waals surface area (Å²) in [6.45, 7) is 0. The second-order valence-electron chi connectivity index (χ2n) is 2.42. The van der Waals surface area contributed by atoms with E-state index in [1.807, 2.05) is 29.1 Å². The molecule has 0 amide bonds. The Morgan fingerprint density at radius 3 is 2.67 bits per heavy atom. The van der Waals surface area contributed by atoms with Crippen molar-refractivity contribution in [2.75, 3.05) is 0 Å². The van der Waals surface area contributed by atoms with E-state index in [9.17, 15) is 0 Å². The summed E-state index contributed by atoms with van der Waals surface area (Å²) in [6, 6.07) is 5.67. The highest BCUT2D eigenvalue weighted by molar-refractivity contribution is 6.32. The molecule has 3 heteroatoms. The summed E-state index contributed by atoms with van der Waals surface area (Å²) in [5.41, 5.74) is 0.907. The van der Waals surface area contributed by atoms with E-state index in [2.05, 4.69) is 4.98 Å². The van der Waals surface area contributed by atoms with E-state index in [1.54, 1.807) is 18.5 Å². The van der Waals surface area contributed by atoms with Gasteiger partial charge in [-0.3, -0.25) is 4.98 Å². The van der Waals surface area contributed by atoms with Crippen LogP contribution >= 0.6 is 11.6 Å². The molecule has 0 atom stereocenters. The summed E-state index contributed by atoms with van der Waals surface area (Å²) >= 11 is 5.95. The Morgan fingerprint density at radius 2 is 2.00 bits per heavy atom. The minimum absolute atomic E-state index is 0.709. The quantitative estimate of drug-likeness (QED) is 0.656. The molecule has 0 N–H and O–H groups in total. The normalized spacial score (nSPS) is 10.1. The van der Waals surface area contributed by atoms with Crippen molar-refractivity contribution in [2.24, 2.45) is 0 Å². The van der Waals surface area contributed by atoms with Gasteiger partial charge in [-0.1, -0.05) is 11.6 Å². The van der Waals surface area contributed by atoms with Crippen LogP contribution in [0.3, 0.4) is 0 Å². The summed E-state index contributed by atoms with van der Waals surface area (Å²) < 4.78 is 1.93. The van der Waals surface area contributed by atoms with E-state index in [-0.39, 0.29) is 0 Å². The molecule has 2 nitrogen and oxygen atoms in total. The van der Waals surface area contributed by atoms with E-state index in [4.69, 9.17) is 11.6 Å². The molecule has 0 aliphatic heterocycles. The van der Waals surface area contributed by atoms with Crippen molar-refractivity contribution in [1.82, 2.24) is 9.55 Å². The minimum Gasteiger partial charge on any atom is -0.321 e. The zero-order chi connectivity index (χ0) is 8.39. The fourth-order valence-corrected chi connectivity index (χ4v) is 1.26. The molecule has 12 heavy (non-hydrogen) atoms. The molecule has 60 valence electrons. The van der Waals surface area contributed by atoms with Crippen molar-refractivity contribution in [3.8, 4) is 5.69 Å². The van der Waals surface area contributed by atoms with Crippen LogP contribution in [-0.2, 0) is 0 Å². The lowest BCUT2D eigenvalue weighted by Crippen LogP contribution is -1.90. The summed E-state index contributed by atoms with van der Waals surface area (Å²) in [4.78, 5) is 4.00. The lowest BCUT2D eigenvalue weighted by molar-refractivity contribution is 1.06. The molecule has 2 heterocycles. The molecular formula is C9H7ClN2.